The molecule has 0 aliphatic rings. The van der Waals surface area contributed by atoms with Gasteiger partial charge in [0.05, 0.1) is 5.75 Å². The first-order chi connectivity index (χ1) is 9.03. The highest BCUT2D eigenvalue weighted by Crippen LogP contribution is 2.04. The highest BCUT2D eigenvalue weighted by molar-refractivity contribution is 7.89. The van der Waals surface area contributed by atoms with Crippen molar-refractivity contribution in [3.8, 4) is 0 Å². The average molecular weight is 284 g/mol. The molecule has 2 N–H and O–H groups in total. The molecule has 0 spiro atoms. The highest BCUT2D eigenvalue weighted by Gasteiger charge is 2.09. The smallest absolute Gasteiger partial charge is 0.211 e. The van der Waals surface area contributed by atoms with E-state index in [1.165, 1.54) is 0 Å². The van der Waals surface area contributed by atoms with Gasteiger partial charge in [-0.05, 0) is 38.4 Å². The molecule has 0 aliphatic carbocycles. The van der Waals surface area contributed by atoms with Crippen LogP contribution in [0.5, 0.6) is 0 Å². The fourth-order valence-corrected chi connectivity index (χ4v) is 2.83. The summed E-state index contributed by atoms with van der Waals surface area (Å²) in [6, 6.07) is 7.86. The first-order valence-electron chi connectivity index (χ1n) is 6.77. The second-order valence-electron chi connectivity index (χ2n) is 4.73. The second kappa shape index (κ2) is 8.30. The second-order valence-corrected chi connectivity index (χ2v) is 6.66. The van der Waals surface area contributed by atoms with Crippen LogP contribution >= 0.6 is 0 Å². The first-order valence-corrected chi connectivity index (χ1v) is 8.42. The van der Waals surface area contributed by atoms with E-state index in [1.807, 2.05) is 31.2 Å². The third kappa shape index (κ3) is 7.30. The number of aryl methyl sites for hydroxylation is 1. The van der Waals surface area contributed by atoms with Crippen LogP contribution in [-0.4, -0.2) is 27.3 Å². The van der Waals surface area contributed by atoms with Gasteiger partial charge < -0.3 is 5.32 Å². The van der Waals surface area contributed by atoms with Gasteiger partial charge in [0.15, 0.2) is 0 Å². The summed E-state index contributed by atoms with van der Waals surface area (Å²) in [4.78, 5) is 0. The first kappa shape index (κ1) is 16.1. The highest BCUT2D eigenvalue weighted by atomic mass is 32.2. The number of hydrogen-bond acceptors (Lipinski definition) is 3. The molecule has 0 aromatic heterocycles. The maximum atomic E-state index is 11.8. The lowest BCUT2D eigenvalue weighted by Crippen LogP contribution is -2.28. The monoisotopic (exact) mass is 284 g/mol. The van der Waals surface area contributed by atoms with Gasteiger partial charge in [-0.2, -0.15) is 0 Å². The SMILES string of the molecule is CCCNCCCS(=O)(=O)NCc1cccc(C)c1. The topological polar surface area (TPSA) is 58.2 Å². The standard InChI is InChI=1S/C14H24N2O2S/c1-3-8-15-9-5-10-19(17,18)16-12-14-7-4-6-13(2)11-14/h4,6-7,11,15-16H,3,5,8-10,12H2,1-2H3. The molecule has 0 radical (unpaired) electrons. The average Bonchev–Trinajstić information content (AvgIpc) is 2.36. The number of rotatable bonds is 9. The third-order valence-corrected chi connectivity index (χ3v) is 4.18. The lowest BCUT2D eigenvalue weighted by atomic mass is 10.1. The zero-order chi connectivity index (χ0) is 14.1. The quantitative estimate of drug-likeness (QED) is 0.680. The number of benzene rings is 1. The molecule has 108 valence electrons. The van der Waals surface area contributed by atoms with Gasteiger partial charge in [-0.1, -0.05) is 36.8 Å². The third-order valence-electron chi connectivity index (χ3n) is 2.77. The van der Waals surface area contributed by atoms with Gasteiger partial charge in [-0.3, -0.25) is 0 Å². The van der Waals surface area contributed by atoms with Crippen LogP contribution in [-0.2, 0) is 16.6 Å². The Morgan fingerprint density at radius 1 is 1.21 bits per heavy atom. The summed E-state index contributed by atoms with van der Waals surface area (Å²) in [5.74, 6) is 0.176. The van der Waals surface area contributed by atoms with Crippen LogP contribution in [0.15, 0.2) is 24.3 Å². The molecule has 0 amide bonds. The Bertz CT molecular complexity index is 472. The van der Waals surface area contributed by atoms with Gasteiger partial charge in [0.25, 0.3) is 0 Å². The molecule has 19 heavy (non-hydrogen) atoms. The largest absolute Gasteiger partial charge is 0.317 e. The van der Waals surface area contributed by atoms with E-state index in [1.54, 1.807) is 0 Å². The summed E-state index contributed by atoms with van der Waals surface area (Å²) in [6.07, 6.45) is 1.71. The zero-order valence-corrected chi connectivity index (χ0v) is 12.6. The van der Waals surface area contributed by atoms with Crippen LogP contribution < -0.4 is 10.0 Å². The summed E-state index contributed by atoms with van der Waals surface area (Å²) < 4.78 is 26.2. The molecule has 4 nitrogen and oxygen atoms in total. The summed E-state index contributed by atoms with van der Waals surface area (Å²) >= 11 is 0. The van der Waals surface area contributed by atoms with Gasteiger partial charge >= 0.3 is 0 Å². The molecule has 1 aromatic rings. The van der Waals surface area contributed by atoms with Crippen molar-refractivity contribution in [2.45, 2.75) is 33.2 Å². The zero-order valence-electron chi connectivity index (χ0n) is 11.8. The van der Waals surface area contributed by atoms with Crippen molar-refractivity contribution in [1.29, 1.82) is 0 Å². The van der Waals surface area contributed by atoms with Crippen molar-refractivity contribution < 1.29 is 8.42 Å². The lowest BCUT2D eigenvalue weighted by Gasteiger charge is -2.08. The molecular formula is C14H24N2O2S. The van der Waals surface area contributed by atoms with E-state index in [0.717, 1.165) is 30.6 Å². The van der Waals surface area contributed by atoms with E-state index in [-0.39, 0.29) is 5.75 Å². The summed E-state index contributed by atoms with van der Waals surface area (Å²) in [5, 5.41) is 3.20. The van der Waals surface area contributed by atoms with Crippen molar-refractivity contribution in [2.24, 2.45) is 0 Å². The van der Waals surface area contributed by atoms with Gasteiger partial charge in [0, 0.05) is 6.54 Å². The summed E-state index contributed by atoms with van der Waals surface area (Å²) in [5.41, 5.74) is 2.13. The van der Waals surface area contributed by atoms with Crippen molar-refractivity contribution in [3.05, 3.63) is 35.4 Å². The minimum absolute atomic E-state index is 0.176. The van der Waals surface area contributed by atoms with Crippen LogP contribution in [0.1, 0.15) is 30.9 Å². The summed E-state index contributed by atoms with van der Waals surface area (Å²) in [6.45, 7) is 6.15. The minimum Gasteiger partial charge on any atom is -0.317 e. The van der Waals surface area contributed by atoms with E-state index < -0.39 is 10.0 Å². The van der Waals surface area contributed by atoms with E-state index >= 15 is 0 Å². The van der Waals surface area contributed by atoms with Crippen LogP contribution in [0.3, 0.4) is 0 Å². The summed E-state index contributed by atoms with van der Waals surface area (Å²) in [7, 11) is -3.17. The maximum Gasteiger partial charge on any atom is 0.211 e. The maximum absolute atomic E-state index is 11.8. The predicted molar refractivity (Wildman–Crippen MR) is 79.6 cm³/mol. The molecule has 0 aliphatic heterocycles. The fraction of sp³-hybridized carbons (Fsp3) is 0.571. The van der Waals surface area contributed by atoms with E-state index in [0.29, 0.717) is 13.0 Å². The molecule has 0 unspecified atom stereocenters. The number of nitrogens with one attached hydrogen (secondary N) is 2. The molecule has 0 heterocycles. The van der Waals surface area contributed by atoms with E-state index in [4.69, 9.17) is 0 Å². The molecule has 5 heteroatoms. The Labute approximate surface area is 116 Å². The van der Waals surface area contributed by atoms with Crippen molar-refractivity contribution >= 4 is 10.0 Å². The van der Waals surface area contributed by atoms with Crippen LogP contribution in [0.25, 0.3) is 0 Å². The minimum atomic E-state index is -3.17. The molecule has 0 saturated carbocycles. The Hall–Kier alpha value is -0.910. The Balaban J connectivity index is 2.30. The van der Waals surface area contributed by atoms with E-state index in [9.17, 15) is 8.42 Å². The molecule has 1 rings (SSSR count). The van der Waals surface area contributed by atoms with Gasteiger partial charge in [-0.25, -0.2) is 13.1 Å². The molecule has 0 atom stereocenters. The van der Waals surface area contributed by atoms with Crippen molar-refractivity contribution in [3.63, 3.8) is 0 Å². The van der Waals surface area contributed by atoms with Crippen molar-refractivity contribution in [1.82, 2.24) is 10.0 Å². The van der Waals surface area contributed by atoms with Crippen LogP contribution in [0.2, 0.25) is 0 Å². The molecule has 0 saturated heterocycles. The fourth-order valence-electron chi connectivity index (χ4n) is 1.78. The molecular weight excluding hydrogens is 260 g/mol. The Kier molecular flexibility index (Phi) is 7.05. The Morgan fingerprint density at radius 2 is 2.00 bits per heavy atom. The van der Waals surface area contributed by atoms with Gasteiger partial charge in [-0.15, -0.1) is 0 Å². The predicted octanol–water partition coefficient (Wildman–Crippen LogP) is 1.80. The Morgan fingerprint density at radius 3 is 2.68 bits per heavy atom. The van der Waals surface area contributed by atoms with Crippen LogP contribution in [0.4, 0.5) is 0 Å². The molecule has 1 aromatic carbocycles. The van der Waals surface area contributed by atoms with Gasteiger partial charge in [0.1, 0.15) is 0 Å². The van der Waals surface area contributed by atoms with Crippen LogP contribution in [0, 0.1) is 6.92 Å². The normalized spacial score (nSPS) is 11.7. The molecule has 0 fully saturated rings. The molecule has 0 bridgehead atoms. The number of sulfonamides is 1. The van der Waals surface area contributed by atoms with Gasteiger partial charge in [0.2, 0.25) is 10.0 Å². The number of hydrogen-bond donors (Lipinski definition) is 2. The lowest BCUT2D eigenvalue weighted by molar-refractivity contribution is 0.574. The van der Waals surface area contributed by atoms with E-state index in [2.05, 4.69) is 17.0 Å². The van der Waals surface area contributed by atoms with Crippen molar-refractivity contribution in [2.75, 3.05) is 18.8 Å².